The van der Waals surface area contributed by atoms with Crippen molar-refractivity contribution in [2.24, 2.45) is 0 Å². The summed E-state index contributed by atoms with van der Waals surface area (Å²) in [6, 6.07) is 7.15. The Balaban J connectivity index is 2.72. The van der Waals surface area contributed by atoms with E-state index in [0.717, 1.165) is 0 Å². The number of nitriles is 1. The Labute approximate surface area is 119 Å². The predicted molar refractivity (Wildman–Crippen MR) is 76.0 cm³/mol. The summed E-state index contributed by atoms with van der Waals surface area (Å²) < 4.78 is 10.9. The van der Waals surface area contributed by atoms with Gasteiger partial charge in [-0.3, -0.25) is 4.79 Å². The van der Waals surface area contributed by atoms with Crippen molar-refractivity contribution in [3.63, 3.8) is 0 Å². The van der Waals surface area contributed by atoms with Gasteiger partial charge in [-0.15, -0.1) is 0 Å². The molecular formula is C15H20N2O3. The molecule has 0 saturated heterocycles. The molecule has 0 atom stereocenters. The molecule has 0 fully saturated rings. The van der Waals surface area contributed by atoms with Gasteiger partial charge in [0.1, 0.15) is 0 Å². The van der Waals surface area contributed by atoms with Gasteiger partial charge in [0.2, 0.25) is 0 Å². The van der Waals surface area contributed by atoms with Crippen LogP contribution in [0.25, 0.3) is 0 Å². The number of hydrogen-bond donors (Lipinski definition) is 1. The average molecular weight is 276 g/mol. The SMILES string of the molecule is CCOc1ccc(C(=O)NCCCC#N)cc1OCC. The number of nitrogens with one attached hydrogen (secondary N) is 1. The van der Waals surface area contributed by atoms with Crippen molar-refractivity contribution in [2.45, 2.75) is 26.7 Å². The van der Waals surface area contributed by atoms with Crippen LogP contribution in [0.3, 0.4) is 0 Å². The van der Waals surface area contributed by atoms with E-state index in [2.05, 4.69) is 5.32 Å². The van der Waals surface area contributed by atoms with E-state index in [1.165, 1.54) is 0 Å². The molecule has 0 bridgehead atoms. The van der Waals surface area contributed by atoms with Crippen molar-refractivity contribution in [2.75, 3.05) is 19.8 Å². The number of benzene rings is 1. The van der Waals surface area contributed by atoms with E-state index in [4.69, 9.17) is 14.7 Å². The van der Waals surface area contributed by atoms with Crippen molar-refractivity contribution >= 4 is 5.91 Å². The fourth-order valence-electron chi connectivity index (χ4n) is 1.66. The van der Waals surface area contributed by atoms with Crippen LogP contribution in [-0.2, 0) is 0 Å². The number of amides is 1. The van der Waals surface area contributed by atoms with Gasteiger partial charge in [0.25, 0.3) is 5.91 Å². The van der Waals surface area contributed by atoms with Crippen LogP contribution in [0.4, 0.5) is 0 Å². The first-order chi connectivity index (χ1) is 9.72. The van der Waals surface area contributed by atoms with Crippen LogP contribution >= 0.6 is 0 Å². The van der Waals surface area contributed by atoms with Gasteiger partial charge in [0.15, 0.2) is 11.5 Å². The van der Waals surface area contributed by atoms with Crippen molar-refractivity contribution in [1.82, 2.24) is 5.32 Å². The van der Waals surface area contributed by atoms with Gasteiger partial charge in [-0.05, 0) is 38.5 Å². The summed E-state index contributed by atoms with van der Waals surface area (Å²) in [4.78, 5) is 11.9. The fraction of sp³-hybridized carbons (Fsp3) is 0.467. The second-order valence-corrected chi connectivity index (χ2v) is 4.05. The Morgan fingerprint density at radius 2 is 1.95 bits per heavy atom. The fourth-order valence-corrected chi connectivity index (χ4v) is 1.66. The molecule has 0 aliphatic carbocycles. The zero-order valence-electron chi connectivity index (χ0n) is 11.9. The van der Waals surface area contributed by atoms with Crippen LogP contribution in [-0.4, -0.2) is 25.7 Å². The highest BCUT2D eigenvalue weighted by atomic mass is 16.5. The summed E-state index contributed by atoms with van der Waals surface area (Å²) in [6.07, 6.45) is 1.09. The molecule has 1 aromatic rings. The maximum absolute atomic E-state index is 11.9. The molecule has 0 unspecified atom stereocenters. The highest BCUT2D eigenvalue weighted by molar-refractivity contribution is 5.94. The molecule has 1 amide bonds. The lowest BCUT2D eigenvalue weighted by Gasteiger charge is -2.12. The molecule has 0 saturated carbocycles. The van der Waals surface area contributed by atoms with Crippen LogP contribution < -0.4 is 14.8 Å². The lowest BCUT2D eigenvalue weighted by Crippen LogP contribution is -2.24. The van der Waals surface area contributed by atoms with E-state index >= 15 is 0 Å². The van der Waals surface area contributed by atoms with E-state index in [0.29, 0.717) is 49.7 Å². The monoisotopic (exact) mass is 276 g/mol. The minimum Gasteiger partial charge on any atom is -0.490 e. The molecule has 1 N–H and O–H groups in total. The third-order valence-electron chi connectivity index (χ3n) is 2.56. The second kappa shape index (κ2) is 8.81. The Hall–Kier alpha value is -2.22. The Kier molecular flexibility index (Phi) is 6.97. The first-order valence-electron chi connectivity index (χ1n) is 6.77. The van der Waals surface area contributed by atoms with Crippen molar-refractivity contribution in [3.8, 4) is 17.6 Å². The van der Waals surface area contributed by atoms with E-state index in [1.807, 2.05) is 19.9 Å². The van der Waals surface area contributed by atoms with Crippen molar-refractivity contribution in [3.05, 3.63) is 23.8 Å². The third-order valence-corrected chi connectivity index (χ3v) is 2.56. The number of hydrogen-bond acceptors (Lipinski definition) is 4. The molecule has 5 nitrogen and oxygen atoms in total. The zero-order valence-corrected chi connectivity index (χ0v) is 11.9. The minimum absolute atomic E-state index is 0.174. The van der Waals surface area contributed by atoms with Gasteiger partial charge < -0.3 is 14.8 Å². The Morgan fingerprint density at radius 3 is 2.60 bits per heavy atom. The maximum Gasteiger partial charge on any atom is 0.251 e. The number of unbranched alkanes of at least 4 members (excludes halogenated alkanes) is 1. The molecular weight excluding hydrogens is 256 g/mol. The molecule has 0 aliphatic heterocycles. The lowest BCUT2D eigenvalue weighted by molar-refractivity contribution is 0.0953. The molecule has 20 heavy (non-hydrogen) atoms. The van der Waals surface area contributed by atoms with E-state index < -0.39 is 0 Å². The number of ether oxygens (including phenoxy) is 2. The van der Waals surface area contributed by atoms with E-state index in [-0.39, 0.29) is 5.91 Å². The summed E-state index contributed by atoms with van der Waals surface area (Å²) in [5.41, 5.74) is 0.522. The highest BCUT2D eigenvalue weighted by Crippen LogP contribution is 2.28. The normalized spacial score (nSPS) is 9.65. The number of carbonyl (C=O) groups is 1. The van der Waals surface area contributed by atoms with Gasteiger partial charge in [-0.1, -0.05) is 0 Å². The molecule has 0 aromatic heterocycles. The van der Waals surface area contributed by atoms with E-state index in [9.17, 15) is 4.79 Å². The standard InChI is InChI=1S/C15H20N2O3/c1-3-19-13-8-7-12(11-14(13)20-4-2)15(18)17-10-6-5-9-16/h7-8,11H,3-6,10H2,1-2H3,(H,17,18). The number of rotatable bonds is 8. The Morgan fingerprint density at radius 1 is 1.25 bits per heavy atom. The Bertz CT molecular complexity index is 480. The first-order valence-corrected chi connectivity index (χ1v) is 6.77. The summed E-state index contributed by atoms with van der Waals surface area (Å²) >= 11 is 0. The quantitative estimate of drug-likeness (QED) is 0.741. The minimum atomic E-state index is -0.174. The van der Waals surface area contributed by atoms with Crippen LogP contribution in [0, 0.1) is 11.3 Å². The molecule has 0 radical (unpaired) electrons. The first kappa shape index (κ1) is 15.8. The number of carbonyl (C=O) groups excluding carboxylic acids is 1. The molecule has 0 aliphatic rings. The van der Waals surface area contributed by atoms with Gasteiger partial charge >= 0.3 is 0 Å². The molecule has 108 valence electrons. The average Bonchev–Trinajstić information content (AvgIpc) is 2.45. The van der Waals surface area contributed by atoms with Crippen molar-refractivity contribution < 1.29 is 14.3 Å². The molecule has 5 heteroatoms. The lowest BCUT2D eigenvalue weighted by atomic mass is 10.2. The summed E-state index contributed by atoms with van der Waals surface area (Å²) in [6.45, 7) is 5.31. The molecule has 0 heterocycles. The highest BCUT2D eigenvalue weighted by Gasteiger charge is 2.11. The predicted octanol–water partition coefficient (Wildman–Crippen LogP) is 2.52. The van der Waals surface area contributed by atoms with Crippen LogP contribution in [0.1, 0.15) is 37.0 Å². The summed E-state index contributed by atoms with van der Waals surface area (Å²) in [7, 11) is 0. The maximum atomic E-state index is 11.9. The van der Waals surface area contributed by atoms with Gasteiger partial charge in [-0.2, -0.15) is 5.26 Å². The third kappa shape index (κ3) is 4.81. The largest absolute Gasteiger partial charge is 0.490 e. The van der Waals surface area contributed by atoms with Crippen LogP contribution in [0.5, 0.6) is 11.5 Å². The van der Waals surface area contributed by atoms with Crippen LogP contribution in [0.2, 0.25) is 0 Å². The van der Waals surface area contributed by atoms with Crippen molar-refractivity contribution in [1.29, 1.82) is 5.26 Å². The summed E-state index contributed by atoms with van der Waals surface area (Å²) in [5.74, 6) is 1.03. The van der Waals surface area contributed by atoms with Gasteiger partial charge in [0.05, 0.1) is 19.3 Å². The summed E-state index contributed by atoms with van der Waals surface area (Å²) in [5, 5.41) is 11.2. The van der Waals surface area contributed by atoms with Crippen LogP contribution in [0.15, 0.2) is 18.2 Å². The van der Waals surface area contributed by atoms with Gasteiger partial charge in [-0.25, -0.2) is 0 Å². The smallest absolute Gasteiger partial charge is 0.251 e. The molecule has 1 aromatic carbocycles. The van der Waals surface area contributed by atoms with Gasteiger partial charge in [0, 0.05) is 18.5 Å². The topological polar surface area (TPSA) is 71.3 Å². The van der Waals surface area contributed by atoms with E-state index in [1.54, 1.807) is 18.2 Å². The molecule has 1 rings (SSSR count). The zero-order chi connectivity index (χ0) is 14.8. The second-order valence-electron chi connectivity index (χ2n) is 4.05. The number of nitrogens with zero attached hydrogens (tertiary/aromatic N) is 1. The molecule has 0 spiro atoms.